The summed E-state index contributed by atoms with van der Waals surface area (Å²) in [4.78, 5) is 8.24. The van der Waals surface area contributed by atoms with Gasteiger partial charge in [0.25, 0.3) is 0 Å². The highest BCUT2D eigenvalue weighted by Crippen LogP contribution is 2.19. The van der Waals surface area contributed by atoms with Crippen LogP contribution in [0.4, 0.5) is 0 Å². The molecule has 0 amide bonds. The molecule has 0 aliphatic carbocycles. The molecule has 4 rings (SSSR count). The van der Waals surface area contributed by atoms with Crippen LogP contribution in [0.15, 0.2) is 73.7 Å². The normalized spacial score (nSPS) is 10.9. The number of benzene rings is 1. The summed E-state index contributed by atoms with van der Waals surface area (Å²) in [7, 11) is 0. The number of imidazole rings is 1. The molecule has 0 bridgehead atoms. The van der Waals surface area contributed by atoms with Crippen molar-refractivity contribution in [3.8, 4) is 11.3 Å². The Balaban J connectivity index is 1.33. The fourth-order valence-electron chi connectivity index (χ4n) is 2.90. The minimum Gasteiger partial charge on any atom is -0.333 e. The van der Waals surface area contributed by atoms with E-state index in [1.807, 2.05) is 37.1 Å². The number of nitrogens with one attached hydrogen (secondary N) is 2. The Labute approximate surface area is 152 Å². The zero-order valence-corrected chi connectivity index (χ0v) is 14.3. The van der Waals surface area contributed by atoms with E-state index in [4.69, 9.17) is 0 Å². The molecule has 0 fully saturated rings. The Morgan fingerprint density at radius 2 is 1.81 bits per heavy atom. The molecule has 6 heteroatoms. The van der Waals surface area contributed by atoms with Gasteiger partial charge in [-0.15, -0.1) is 0 Å². The molecule has 0 atom stereocenters. The van der Waals surface area contributed by atoms with Crippen LogP contribution in [-0.4, -0.2) is 24.7 Å². The third-order valence-electron chi connectivity index (χ3n) is 4.26. The number of pyridine rings is 1. The number of hydrogen-bond acceptors (Lipinski definition) is 4. The monoisotopic (exact) mass is 344 g/mol. The second-order valence-electron chi connectivity index (χ2n) is 6.17. The lowest BCUT2D eigenvalue weighted by atomic mass is 10.1. The van der Waals surface area contributed by atoms with Crippen molar-refractivity contribution in [2.24, 2.45) is 0 Å². The van der Waals surface area contributed by atoms with E-state index in [0.717, 1.165) is 36.5 Å². The van der Waals surface area contributed by atoms with Crippen molar-refractivity contribution in [3.63, 3.8) is 0 Å². The molecule has 0 saturated heterocycles. The van der Waals surface area contributed by atoms with Gasteiger partial charge in [0.05, 0.1) is 18.2 Å². The van der Waals surface area contributed by atoms with Crippen LogP contribution < -0.4 is 5.32 Å². The van der Waals surface area contributed by atoms with Crippen molar-refractivity contribution >= 4 is 0 Å². The fraction of sp³-hybridized carbons (Fsp3) is 0.150. The van der Waals surface area contributed by atoms with Crippen molar-refractivity contribution < 1.29 is 0 Å². The van der Waals surface area contributed by atoms with Crippen molar-refractivity contribution in [2.45, 2.75) is 19.6 Å². The summed E-state index contributed by atoms with van der Waals surface area (Å²) in [6.07, 6.45) is 11.1. The van der Waals surface area contributed by atoms with Crippen LogP contribution in [0, 0.1) is 0 Å². The summed E-state index contributed by atoms with van der Waals surface area (Å²) >= 11 is 0. The minimum atomic E-state index is 0.748. The predicted molar refractivity (Wildman–Crippen MR) is 100 cm³/mol. The number of aromatic nitrogens is 5. The Morgan fingerprint density at radius 3 is 2.58 bits per heavy atom. The van der Waals surface area contributed by atoms with E-state index in [9.17, 15) is 0 Å². The first-order chi connectivity index (χ1) is 12.9. The molecule has 26 heavy (non-hydrogen) atoms. The molecule has 0 aliphatic heterocycles. The number of hydrogen-bond donors (Lipinski definition) is 2. The fourth-order valence-corrected chi connectivity index (χ4v) is 2.90. The largest absolute Gasteiger partial charge is 0.333 e. The Bertz CT molecular complexity index is 926. The molecule has 2 N–H and O–H groups in total. The summed E-state index contributed by atoms with van der Waals surface area (Å²) in [5.74, 6) is 0. The average molecular weight is 344 g/mol. The van der Waals surface area contributed by atoms with Gasteiger partial charge in [-0.25, -0.2) is 4.98 Å². The van der Waals surface area contributed by atoms with Crippen LogP contribution in [0.25, 0.3) is 11.3 Å². The van der Waals surface area contributed by atoms with E-state index in [-0.39, 0.29) is 0 Å². The lowest BCUT2D eigenvalue weighted by molar-refractivity contribution is 0.694. The highest BCUT2D eigenvalue weighted by molar-refractivity contribution is 5.61. The minimum absolute atomic E-state index is 0.748. The van der Waals surface area contributed by atoms with Crippen LogP contribution in [0.3, 0.4) is 0 Å². The summed E-state index contributed by atoms with van der Waals surface area (Å²) in [5.41, 5.74) is 5.72. The maximum Gasteiger partial charge on any atom is 0.0949 e. The topological polar surface area (TPSA) is 71.4 Å². The number of nitrogens with zero attached hydrogens (tertiary/aromatic N) is 4. The third-order valence-corrected chi connectivity index (χ3v) is 4.26. The third kappa shape index (κ3) is 3.87. The van der Waals surface area contributed by atoms with Gasteiger partial charge in [-0.1, -0.05) is 24.3 Å². The smallest absolute Gasteiger partial charge is 0.0949 e. The van der Waals surface area contributed by atoms with Gasteiger partial charge in [0.1, 0.15) is 0 Å². The average Bonchev–Trinajstić information content (AvgIpc) is 3.36. The molecule has 0 saturated carbocycles. The number of rotatable bonds is 7. The molecule has 0 spiro atoms. The molecular weight excluding hydrogens is 324 g/mol. The van der Waals surface area contributed by atoms with Crippen LogP contribution in [0.2, 0.25) is 0 Å². The quantitative estimate of drug-likeness (QED) is 0.541. The van der Waals surface area contributed by atoms with Gasteiger partial charge in [-0.05, 0) is 23.3 Å². The zero-order chi connectivity index (χ0) is 17.6. The first kappa shape index (κ1) is 16.2. The highest BCUT2D eigenvalue weighted by Gasteiger charge is 2.07. The first-order valence-electron chi connectivity index (χ1n) is 8.55. The molecule has 3 heterocycles. The van der Waals surface area contributed by atoms with Crippen molar-refractivity contribution in [2.75, 3.05) is 0 Å². The van der Waals surface area contributed by atoms with Crippen molar-refractivity contribution in [1.82, 2.24) is 30.0 Å². The van der Waals surface area contributed by atoms with Gasteiger partial charge >= 0.3 is 0 Å². The van der Waals surface area contributed by atoms with Crippen LogP contribution >= 0.6 is 0 Å². The summed E-state index contributed by atoms with van der Waals surface area (Å²) < 4.78 is 2.06. The van der Waals surface area contributed by atoms with Crippen molar-refractivity contribution in [3.05, 3.63) is 90.4 Å². The predicted octanol–water partition coefficient (Wildman–Crippen LogP) is 3.01. The van der Waals surface area contributed by atoms with Crippen LogP contribution in [-0.2, 0) is 19.6 Å². The lowest BCUT2D eigenvalue weighted by Crippen LogP contribution is -2.13. The van der Waals surface area contributed by atoms with Gasteiger partial charge in [-0.2, -0.15) is 5.10 Å². The highest BCUT2D eigenvalue weighted by atomic mass is 15.1. The number of H-pyrrole nitrogens is 1. The van der Waals surface area contributed by atoms with Gasteiger partial charge in [-0.3, -0.25) is 10.1 Å². The zero-order valence-electron chi connectivity index (χ0n) is 14.3. The first-order valence-corrected chi connectivity index (χ1v) is 8.55. The van der Waals surface area contributed by atoms with Gasteiger partial charge in [0, 0.05) is 55.5 Å². The Morgan fingerprint density at radius 1 is 0.923 bits per heavy atom. The molecule has 0 unspecified atom stereocenters. The molecule has 0 aliphatic rings. The Hall–Kier alpha value is -3.25. The van der Waals surface area contributed by atoms with Gasteiger partial charge in [0.15, 0.2) is 0 Å². The Kier molecular flexibility index (Phi) is 4.84. The van der Waals surface area contributed by atoms with E-state index >= 15 is 0 Å². The lowest BCUT2D eigenvalue weighted by Gasteiger charge is -2.07. The van der Waals surface area contributed by atoms with Gasteiger partial charge in [0.2, 0.25) is 0 Å². The second-order valence-corrected chi connectivity index (χ2v) is 6.17. The van der Waals surface area contributed by atoms with E-state index < -0.39 is 0 Å². The summed E-state index contributed by atoms with van der Waals surface area (Å²) in [6, 6.07) is 12.6. The molecule has 1 aromatic carbocycles. The van der Waals surface area contributed by atoms with E-state index in [1.165, 1.54) is 11.1 Å². The van der Waals surface area contributed by atoms with Crippen LogP contribution in [0.1, 0.15) is 16.7 Å². The summed E-state index contributed by atoms with van der Waals surface area (Å²) in [5, 5.41) is 10.7. The van der Waals surface area contributed by atoms with E-state index in [1.54, 1.807) is 12.4 Å². The van der Waals surface area contributed by atoms with Gasteiger partial charge < -0.3 is 9.88 Å². The maximum absolute atomic E-state index is 4.17. The van der Waals surface area contributed by atoms with Crippen molar-refractivity contribution in [1.29, 1.82) is 0 Å². The molecule has 4 aromatic rings. The van der Waals surface area contributed by atoms with E-state index in [0.29, 0.717) is 0 Å². The molecule has 0 radical (unpaired) electrons. The molecule has 3 aromatic heterocycles. The second kappa shape index (κ2) is 7.76. The van der Waals surface area contributed by atoms with E-state index in [2.05, 4.69) is 54.3 Å². The maximum atomic E-state index is 4.17. The standard InChI is InChI=1S/C20H20N6/c1-2-18(11-21-7-1)20-19(13-24-25-20)12-23-10-16-3-5-17(6-4-16)14-26-9-8-22-15-26/h1-9,11,13,15,23H,10,12,14H2,(H,24,25). The molecule has 6 nitrogen and oxygen atoms in total. The number of aromatic amines is 1. The van der Waals surface area contributed by atoms with Crippen LogP contribution in [0.5, 0.6) is 0 Å². The SMILES string of the molecule is c1cncc(-c2[nH]ncc2CNCc2ccc(Cn3ccnc3)cc2)c1. The molecule has 130 valence electrons. The summed E-state index contributed by atoms with van der Waals surface area (Å²) in [6.45, 7) is 2.40. The molecular formula is C20H20N6.